The summed E-state index contributed by atoms with van der Waals surface area (Å²) in [7, 11) is 0. The summed E-state index contributed by atoms with van der Waals surface area (Å²) in [5.74, 6) is 0.697. The number of hydrogen-bond donors (Lipinski definition) is 3. The number of amides is 3. The molecule has 33 heavy (non-hydrogen) atoms. The molecule has 0 aliphatic carbocycles. The number of rotatable bonds is 8. The molecule has 2 aliphatic heterocycles. The zero-order chi connectivity index (χ0) is 23.2. The summed E-state index contributed by atoms with van der Waals surface area (Å²) in [6, 6.07) is 3.83. The number of nitrogens with zero attached hydrogens (tertiary/aromatic N) is 3. The summed E-state index contributed by atoms with van der Waals surface area (Å²) < 4.78 is 0. The van der Waals surface area contributed by atoms with E-state index in [1.165, 1.54) is 11.3 Å². The molecule has 2 aromatic heterocycles. The van der Waals surface area contributed by atoms with Crippen LogP contribution < -0.4 is 16.4 Å². The number of hydrogen-bond acceptors (Lipinski definition) is 7. The Morgan fingerprint density at radius 2 is 2.18 bits per heavy atom. The number of nitrogens with one attached hydrogen (secondary N) is 2. The van der Waals surface area contributed by atoms with Crippen LogP contribution in [0, 0.1) is 0 Å². The van der Waals surface area contributed by atoms with Crippen molar-refractivity contribution in [1.29, 1.82) is 0 Å². The van der Waals surface area contributed by atoms with Gasteiger partial charge in [0, 0.05) is 47.5 Å². The monoisotopic (exact) mass is 486 g/mol. The Bertz CT molecular complexity index is 1010. The summed E-state index contributed by atoms with van der Waals surface area (Å²) in [4.78, 5) is 34.2. The first-order valence-electron chi connectivity index (χ1n) is 11.2. The van der Waals surface area contributed by atoms with Crippen molar-refractivity contribution >= 4 is 46.4 Å². The highest BCUT2D eigenvalue weighted by atomic mass is 32.2. The van der Waals surface area contributed by atoms with Gasteiger partial charge in [0.25, 0.3) is 5.91 Å². The molecule has 1 unspecified atom stereocenters. The lowest BCUT2D eigenvalue weighted by atomic mass is 10.2. The molecule has 0 bridgehead atoms. The predicted molar refractivity (Wildman–Crippen MR) is 135 cm³/mol. The number of nitrogens with two attached hydrogens (primary N) is 1. The number of pyridine rings is 1. The number of urea groups is 1. The number of thioether (sulfide) groups is 1. The van der Waals surface area contributed by atoms with Crippen molar-refractivity contribution in [2.24, 2.45) is 0 Å². The van der Waals surface area contributed by atoms with Gasteiger partial charge in [0.2, 0.25) is 0 Å². The normalized spacial score (nSPS) is 18.2. The second-order valence-electron chi connectivity index (χ2n) is 8.25. The van der Waals surface area contributed by atoms with Gasteiger partial charge >= 0.3 is 6.03 Å². The number of thiophene rings is 1. The number of aromatic nitrogens is 1. The molecule has 4 rings (SSSR count). The molecule has 3 amide bonds. The van der Waals surface area contributed by atoms with Crippen molar-refractivity contribution in [3.05, 3.63) is 51.5 Å². The molecule has 1 fully saturated rings. The van der Waals surface area contributed by atoms with Crippen LogP contribution in [0.3, 0.4) is 0 Å². The Morgan fingerprint density at radius 1 is 1.30 bits per heavy atom. The van der Waals surface area contributed by atoms with Crippen molar-refractivity contribution in [3.63, 3.8) is 0 Å². The number of allylic oxidation sites excluding steroid dienone is 1. The zero-order valence-electron chi connectivity index (χ0n) is 18.8. The number of anilines is 2. The van der Waals surface area contributed by atoms with Crippen molar-refractivity contribution in [2.45, 2.75) is 38.8 Å². The molecule has 2 aliphatic rings. The van der Waals surface area contributed by atoms with Gasteiger partial charge < -0.3 is 21.3 Å². The Morgan fingerprint density at radius 3 is 2.85 bits per heavy atom. The standard InChI is InChI=1S/C23H30N6O2S2/c1-2-28-8-3-4-18(28)12-29(23(31)26-17-7-9-32-13-17)11-16-5-6-20(25-10-16)22(30)27-21-15-33-14-19(21)24/h5-6,10,13-15,18H,2-4,7-9,11-12,24H2,1H3,(H,26,31)(H,27,30). The molecule has 1 saturated heterocycles. The SMILES string of the molecule is CCN1CCCC1CN(Cc1ccc(C(=O)Nc2cscc2N)nc1)C(=O)NC1=CSCC1. The molecule has 8 nitrogen and oxygen atoms in total. The maximum atomic E-state index is 13.1. The topological polar surface area (TPSA) is 104 Å². The Balaban J connectivity index is 1.43. The number of carbonyl (C=O) groups is 2. The van der Waals surface area contributed by atoms with Crippen LogP contribution in [0.5, 0.6) is 0 Å². The van der Waals surface area contributed by atoms with E-state index in [1.54, 1.807) is 34.8 Å². The van der Waals surface area contributed by atoms with Crippen LogP contribution in [0.15, 0.2) is 40.2 Å². The van der Waals surface area contributed by atoms with Crippen LogP contribution >= 0.6 is 23.1 Å². The quantitative estimate of drug-likeness (QED) is 0.522. The second kappa shape index (κ2) is 11.0. The first kappa shape index (κ1) is 23.6. The lowest BCUT2D eigenvalue weighted by Gasteiger charge is -2.30. The van der Waals surface area contributed by atoms with Gasteiger partial charge in [-0.05, 0) is 49.4 Å². The van der Waals surface area contributed by atoms with Gasteiger partial charge in [-0.2, -0.15) is 0 Å². The Hall–Kier alpha value is -2.56. The van der Waals surface area contributed by atoms with E-state index in [2.05, 4.69) is 27.4 Å². The maximum absolute atomic E-state index is 13.1. The molecule has 1 atom stereocenters. The van der Waals surface area contributed by atoms with E-state index >= 15 is 0 Å². The lowest BCUT2D eigenvalue weighted by molar-refractivity contribution is 0.102. The van der Waals surface area contributed by atoms with Crippen LogP contribution in [0.25, 0.3) is 0 Å². The minimum absolute atomic E-state index is 0.0820. The van der Waals surface area contributed by atoms with Crippen LogP contribution in [0.2, 0.25) is 0 Å². The fourth-order valence-electron chi connectivity index (χ4n) is 4.16. The van der Waals surface area contributed by atoms with Crippen LogP contribution in [-0.2, 0) is 6.54 Å². The second-order valence-corrected chi connectivity index (χ2v) is 9.97. The fourth-order valence-corrected chi connectivity index (χ4v) is 5.66. The first-order valence-corrected chi connectivity index (χ1v) is 13.2. The van der Waals surface area contributed by atoms with E-state index < -0.39 is 0 Å². The highest BCUT2D eigenvalue weighted by molar-refractivity contribution is 8.02. The van der Waals surface area contributed by atoms with Gasteiger partial charge in [-0.3, -0.25) is 14.7 Å². The van der Waals surface area contributed by atoms with Crippen molar-refractivity contribution < 1.29 is 9.59 Å². The Kier molecular flexibility index (Phi) is 7.89. The number of carbonyl (C=O) groups excluding carboxylic acids is 2. The highest BCUT2D eigenvalue weighted by Crippen LogP contribution is 2.24. The third-order valence-electron chi connectivity index (χ3n) is 5.98. The van der Waals surface area contributed by atoms with E-state index in [9.17, 15) is 9.59 Å². The van der Waals surface area contributed by atoms with Crippen molar-refractivity contribution in [1.82, 2.24) is 20.1 Å². The van der Waals surface area contributed by atoms with Gasteiger partial charge in [0.15, 0.2) is 0 Å². The Labute approximate surface area is 202 Å². The molecule has 0 radical (unpaired) electrons. The summed E-state index contributed by atoms with van der Waals surface area (Å²) in [6.45, 7) is 5.34. The van der Waals surface area contributed by atoms with Crippen LogP contribution in [-0.4, -0.2) is 58.2 Å². The molecule has 0 aromatic carbocycles. The molecule has 0 saturated carbocycles. The van der Waals surface area contributed by atoms with Gasteiger partial charge in [-0.25, -0.2) is 4.79 Å². The van der Waals surface area contributed by atoms with Crippen molar-refractivity contribution in [2.75, 3.05) is 36.4 Å². The average molecular weight is 487 g/mol. The molecule has 4 heterocycles. The molecule has 10 heteroatoms. The largest absolute Gasteiger partial charge is 0.396 e. The lowest BCUT2D eigenvalue weighted by Crippen LogP contribution is -2.46. The third-order valence-corrected chi connectivity index (χ3v) is 7.63. The van der Waals surface area contributed by atoms with Crippen LogP contribution in [0.1, 0.15) is 42.2 Å². The molecule has 176 valence electrons. The van der Waals surface area contributed by atoms with Gasteiger partial charge in [0.1, 0.15) is 5.69 Å². The zero-order valence-corrected chi connectivity index (χ0v) is 20.4. The summed E-state index contributed by atoms with van der Waals surface area (Å²) in [6.07, 6.45) is 4.81. The maximum Gasteiger partial charge on any atom is 0.321 e. The molecular weight excluding hydrogens is 456 g/mol. The minimum Gasteiger partial charge on any atom is -0.396 e. The summed E-state index contributed by atoms with van der Waals surface area (Å²) in [5.41, 5.74) is 9.14. The van der Waals surface area contributed by atoms with E-state index in [1.807, 2.05) is 16.4 Å². The smallest absolute Gasteiger partial charge is 0.321 e. The summed E-state index contributed by atoms with van der Waals surface area (Å²) >= 11 is 3.15. The fraction of sp³-hybridized carbons (Fsp3) is 0.435. The third kappa shape index (κ3) is 6.07. The van der Waals surface area contributed by atoms with Gasteiger partial charge in [0.05, 0.1) is 11.4 Å². The highest BCUT2D eigenvalue weighted by Gasteiger charge is 2.28. The van der Waals surface area contributed by atoms with Crippen LogP contribution in [0.4, 0.5) is 16.2 Å². The number of likely N-dealkylation sites (tertiary alicyclic amines) is 1. The van der Waals surface area contributed by atoms with Crippen molar-refractivity contribution in [3.8, 4) is 0 Å². The molecule has 4 N–H and O–H groups in total. The van der Waals surface area contributed by atoms with Gasteiger partial charge in [-0.15, -0.1) is 23.1 Å². The van der Waals surface area contributed by atoms with E-state index in [0.29, 0.717) is 36.2 Å². The molecule has 2 aromatic rings. The average Bonchev–Trinajstić information content (AvgIpc) is 3.57. The van der Waals surface area contributed by atoms with Gasteiger partial charge in [-0.1, -0.05) is 13.0 Å². The predicted octanol–water partition coefficient (Wildman–Crippen LogP) is 3.95. The summed E-state index contributed by atoms with van der Waals surface area (Å²) in [5, 5.41) is 11.5. The molecular formula is C23H30N6O2S2. The number of nitrogen functional groups attached to an aromatic ring is 1. The minimum atomic E-state index is -0.309. The number of likely N-dealkylation sites (N-methyl/N-ethyl adjacent to an activating group) is 1. The van der Waals surface area contributed by atoms with E-state index in [0.717, 1.165) is 49.4 Å². The van der Waals surface area contributed by atoms with E-state index in [4.69, 9.17) is 5.73 Å². The molecule has 0 spiro atoms. The van der Waals surface area contributed by atoms with E-state index in [-0.39, 0.29) is 11.9 Å². The first-order chi connectivity index (χ1) is 16.0.